The summed E-state index contributed by atoms with van der Waals surface area (Å²) in [7, 11) is 1.79. The summed E-state index contributed by atoms with van der Waals surface area (Å²) in [6.45, 7) is 0. The van der Waals surface area contributed by atoms with Crippen molar-refractivity contribution >= 4 is 22.7 Å². The zero-order valence-corrected chi connectivity index (χ0v) is 13.3. The molecule has 0 atom stereocenters. The molecule has 1 heterocycles. The predicted octanol–water partition coefficient (Wildman–Crippen LogP) is 3.66. The fraction of sp³-hybridized carbons (Fsp3) is 0.222. The Morgan fingerprint density at radius 3 is 2.59 bits per heavy atom. The van der Waals surface area contributed by atoms with Gasteiger partial charge in [-0.15, -0.1) is 0 Å². The molecule has 0 amide bonds. The van der Waals surface area contributed by atoms with E-state index in [4.69, 9.17) is 0 Å². The predicted molar refractivity (Wildman–Crippen MR) is 92.5 cm³/mol. The van der Waals surface area contributed by atoms with Gasteiger partial charge in [-0.3, -0.25) is 9.36 Å². The summed E-state index contributed by atoms with van der Waals surface area (Å²) < 4.78 is 1.65. The van der Waals surface area contributed by atoms with Crippen molar-refractivity contribution in [2.24, 2.45) is 7.05 Å². The molecule has 0 aliphatic rings. The van der Waals surface area contributed by atoms with Crippen molar-refractivity contribution in [3.63, 3.8) is 0 Å². The van der Waals surface area contributed by atoms with Gasteiger partial charge in [0, 0.05) is 12.8 Å². The van der Waals surface area contributed by atoms with Crippen LogP contribution in [-0.4, -0.2) is 15.3 Å². The van der Waals surface area contributed by atoms with Crippen molar-refractivity contribution in [1.29, 1.82) is 0 Å². The van der Waals surface area contributed by atoms with Gasteiger partial charge in [0.15, 0.2) is 5.16 Å². The van der Waals surface area contributed by atoms with Crippen LogP contribution in [0.25, 0.3) is 10.9 Å². The summed E-state index contributed by atoms with van der Waals surface area (Å²) in [4.78, 5) is 16.9. The third kappa shape index (κ3) is 3.22. The van der Waals surface area contributed by atoms with Crippen molar-refractivity contribution in [1.82, 2.24) is 9.55 Å². The molecule has 2 aromatic carbocycles. The van der Waals surface area contributed by atoms with E-state index in [2.05, 4.69) is 29.2 Å². The minimum absolute atomic E-state index is 0.0242. The second-order valence-corrected chi connectivity index (χ2v) is 6.28. The number of fused-ring (bicyclic) bond motifs is 1. The highest BCUT2D eigenvalue weighted by Gasteiger charge is 2.07. The number of para-hydroxylation sites is 1. The van der Waals surface area contributed by atoms with Crippen LogP contribution in [-0.2, 0) is 13.5 Å². The van der Waals surface area contributed by atoms with Gasteiger partial charge in [-0.2, -0.15) is 0 Å². The average Bonchev–Trinajstić information content (AvgIpc) is 2.57. The maximum atomic E-state index is 12.3. The fourth-order valence-corrected chi connectivity index (χ4v) is 3.32. The van der Waals surface area contributed by atoms with Crippen LogP contribution in [0.2, 0.25) is 0 Å². The smallest absolute Gasteiger partial charge is 0.261 e. The van der Waals surface area contributed by atoms with E-state index in [1.807, 2.05) is 30.3 Å². The Hall–Kier alpha value is -2.07. The number of aromatic nitrogens is 2. The Bertz CT molecular complexity index is 827. The molecule has 3 rings (SSSR count). The first-order chi connectivity index (χ1) is 10.8. The second-order valence-electron chi connectivity index (χ2n) is 5.21. The molecule has 0 aliphatic heterocycles. The van der Waals surface area contributed by atoms with Crippen LogP contribution in [0.4, 0.5) is 0 Å². The Morgan fingerprint density at radius 1 is 1.05 bits per heavy atom. The van der Waals surface area contributed by atoms with Crippen molar-refractivity contribution in [3.8, 4) is 0 Å². The summed E-state index contributed by atoms with van der Waals surface area (Å²) in [6.07, 6.45) is 2.12. The highest BCUT2D eigenvalue weighted by atomic mass is 32.2. The quantitative estimate of drug-likeness (QED) is 0.410. The third-order valence-electron chi connectivity index (χ3n) is 3.63. The van der Waals surface area contributed by atoms with Gasteiger partial charge in [0.25, 0.3) is 5.56 Å². The molecule has 1 aromatic heterocycles. The number of hydrogen-bond acceptors (Lipinski definition) is 3. The molecule has 0 N–H and O–H groups in total. The van der Waals surface area contributed by atoms with Crippen LogP contribution in [0.15, 0.2) is 64.5 Å². The Morgan fingerprint density at radius 2 is 1.77 bits per heavy atom. The molecule has 22 heavy (non-hydrogen) atoms. The van der Waals surface area contributed by atoms with E-state index in [1.165, 1.54) is 5.56 Å². The molecule has 0 spiro atoms. The van der Waals surface area contributed by atoms with Crippen LogP contribution in [0, 0.1) is 0 Å². The molecule has 0 fully saturated rings. The lowest BCUT2D eigenvalue weighted by atomic mass is 10.1. The van der Waals surface area contributed by atoms with Crippen LogP contribution < -0.4 is 5.56 Å². The van der Waals surface area contributed by atoms with Crippen LogP contribution in [0.1, 0.15) is 12.0 Å². The van der Waals surface area contributed by atoms with E-state index in [9.17, 15) is 4.79 Å². The highest BCUT2D eigenvalue weighted by Crippen LogP contribution is 2.18. The Labute approximate surface area is 134 Å². The van der Waals surface area contributed by atoms with Gasteiger partial charge in [0.05, 0.1) is 10.9 Å². The lowest BCUT2D eigenvalue weighted by molar-refractivity contribution is 0.725. The lowest BCUT2D eigenvalue weighted by Crippen LogP contribution is -2.20. The van der Waals surface area contributed by atoms with Crippen molar-refractivity contribution in [2.45, 2.75) is 18.0 Å². The van der Waals surface area contributed by atoms with Gasteiger partial charge in [-0.05, 0) is 30.5 Å². The summed E-state index contributed by atoms with van der Waals surface area (Å²) in [5, 5.41) is 1.47. The van der Waals surface area contributed by atoms with Crippen LogP contribution in [0.3, 0.4) is 0 Å². The van der Waals surface area contributed by atoms with E-state index in [0.717, 1.165) is 29.3 Å². The van der Waals surface area contributed by atoms with Gasteiger partial charge in [-0.1, -0.05) is 54.2 Å². The fourth-order valence-electron chi connectivity index (χ4n) is 2.41. The summed E-state index contributed by atoms with van der Waals surface area (Å²) >= 11 is 1.65. The summed E-state index contributed by atoms with van der Waals surface area (Å²) in [5.41, 5.74) is 2.15. The molecular formula is C18H18N2OS. The molecule has 0 bridgehead atoms. The minimum atomic E-state index is 0.0242. The molecular weight excluding hydrogens is 292 g/mol. The monoisotopic (exact) mass is 310 g/mol. The number of thioether (sulfide) groups is 1. The summed E-state index contributed by atoms with van der Waals surface area (Å²) in [5.74, 6) is 0.952. The van der Waals surface area contributed by atoms with Crippen molar-refractivity contribution in [3.05, 3.63) is 70.5 Å². The first-order valence-corrected chi connectivity index (χ1v) is 8.37. The number of benzene rings is 2. The highest BCUT2D eigenvalue weighted by molar-refractivity contribution is 7.99. The molecule has 0 saturated carbocycles. The molecule has 3 nitrogen and oxygen atoms in total. The van der Waals surface area contributed by atoms with Gasteiger partial charge in [0.2, 0.25) is 0 Å². The number of nitrogens with zero attached hydrogens (tertiary/aromatic N) is 2. The second kappa shape index (κ2) is 6.79. The van der Waals surface area contributed by atoms with E-state index < -0.39 is 0 Å². The van der Waals surface area contributed by atoms with Gasteiger partial charge in [0.1, 0.15) is 0 Å². The number of rotatable bonds is 5. The van der Waals surface area contributed by atoms with Gasteiger partial charge in [-0.25, -0.2) is 4.98 Å². The first kappa shape index (κ1) is 14.9. The van der Waals surface area contributed by atoms with Crippen molar-refractivity contribution in [2.75, 3.05) is 5.75 Å². The van der Waals surface area contributed by atoms with Crippen LogP contribution >= 0.6 is 11.8 Å². The van der Waals surface area contributed by atoms with E-state index in [1.54, 1.807) is 23.4 Å². The minimum Gasteiger partial charge on any atom is -0.290 e. The van der Waals surface area contributed by atoms with Crippen molar-refractivity contribution < 1.29 is 0 Å². The number of hydrogen-bond donors (Lipinski definition) is 0. The topological polar surface area (TPSA) is 34.9 Å². The lowest BCUT2D eigenvalue weighted by Gasteiger charge is -2.08. The molecule has 4 heteroatoms. The molecule has 0 unspecified atom stereocenters. The molecule has 0 saturated heterocycles. The van der Waals surface area contributed by atoms with E-state index >= 15 is 0 Å². The molecule has 3 aromatic rings. The molecule has 112 valence electrons. The Kier molecular flexibility index (Phi) is 4.59. The van der Waals surface area contributed by atoms with Crippen LogP contribution in [0.5, 0.6) is 0 Å². The largest absolute Gasteiger partial charge is 0.290 e. The number of aryl methyl sites for hydroxylation is 1. The SMILES string of the molecule is Cn1c(SCCCc2ccccc2)nc2ccccc2c1=O. The third-order valence-corrected chi connectivity index (χ3v) is 4.74. The molecule has 0 radical (unpaired) electrons. The zero-order chi connectivity index (χ0) is 15.4. The van der Waals surface area contributed by atoms with Gasteiger partial charge < -0.3 is 0 Å². The standard InChI is InChI=1S/C18H18N2OS/c1-20-17(21)15-11-5-6-12-16(15)19-18(20)22-13-7-10-14-8-3-2-4-9-14/h2-6,8-9,11-12H,7,10,13H2,1H3. The average molecular weight is 310 g/mol. The van der Waals surface area contributed by atoms with E-state index in [-0.39, 0.29) is 5.56 Å². The molecule has 0 aliphatic carbocycles. The van der Waals surface area contributed by atoms with E-state index in [0.29, 0.717) is 5.39 Å². The van der Waals surface area contributed by atoms with Gasteiger partial charge >= 0.3 is 0 Å². The summed E-state index contributed by atoms with van der Waals surface area (Å²) in [6, 6.07) is 18.0. The normalized spacial score (nSPS) is 11.0. The Balaban J connectivity index is 1.69. The maximum Gasteiger partial charge on any atom is 0.261 e. The maximum absolute atomic E-state index is 12.3. The zero-order valence-electron chi connectivity index (χ0n) is 12.5. The first-order valence-electron chi connectivity index (χ1n) is 7.38.